The van der Waals surface area contributed by atoms with Crippen LogP contribution in [0.25, 0.3) is 55.6 Å². The second kappa shape index (κ2) is 50.8. The van der Waals surface area contributed by atoms with E-state index in [1.54, 1.807) is 58.2 Å². The largest absolute Gasteiger partial charge is 0.504 e. The van der Waals surface area contributed by atoms with Crippen molar-refractivity contribution in [2.24, 2.45) is 0 Å². The SMILES string of the molecule is COc1cccc(CBr)c1.COc1cccc(COc2cc(-c3ccccc3)cnc2N)c1.COc1cccc(COc2cc(-c3ccccc3)cnc2NC(c2ccccc2)(c2ccccc2)c2ccccc2)c1.Nc1ncc(-c2ccccc2)cc1O.Nc1ncc(-c2ccccc2)cc1OCc1ccccc1.Oc1cc(-c2ccccc2)cnc1NC(c1ccccc1)(c1ccccc1)c1ccccc1.[HH]. The molecule has 0 atom stereocenters. The van der Waals surface area contributed by atoms with Crippen molar-refractivity contribution >= 4 is 45.0 Å². The Kier molecular flexibility index (Phi) is 35.3. The molecule has 0 aliphatic carbocycles. The molecule has 20 aromatic rings. The second-order valence-corrected chi connectivity index (χ2v) is 33.4. The Morgan fingerprint density at radius 2 is 0.483 bits per heavy atom. The van der Waals surface area contributed by atoms with Crippen LogP contribution in [0, 0.1) is 0 Å². The molecule has 0 amide bonds. The number of nitrogens with one attached hydrogen (secondary N) is 2. The van der Waals surface area contributed by atoms with E-state index in [0.29, 0.717) is 60.3 Å². The molecular weight excluding hydrogens is 1840 g/mol. The zero-order valence-electron chi connectivity index (χ0n) is 79.4. The average molecular weight is 1950 g/mol. The van der Waals surface area contributed by atoms with Crippen LogP contribution in [-0.2, 0) is 36.2 Å². The number of methoxy groups -OCH3 is 3. The van der Waals surface area contributed by atoms with Crippen molar-refractivity contribution in [3.8, 4) is 102 Å². The minimum Gasteiger partial charge on any atom is -0.504 e. The molecule has 19 heteroatoms. The lowest BCUT2D eigenvalue weighted by atomic mass is 9.77. The van der Waals surface area contributed by atoms with Crippen LogP contribution in [-0.4, -0.2) is 56.5 Å². The number of alkyl halides is 1. The van der Waals surface area contributed by atoms with Gasteiger partial charge in [-0.15, -0.1) is 0 Å². The Morgan fingerprint density at radius 3 is 0.790 bits per heavy atom. The maximum absolute atomic E-state index is 11.0. The number of hydrogen-bond donors (Lipinski definition) is 7. The van der Waals surface area contributed by atoms with E-state index < -0.39 is 11.1 Å². The Bertz CT molecular complexity index is 7100. The van der Waals surface area contributed by atoms with Crippen molar-refractivity contribution in [1.29, 1.82) is 0 Å². The summed E-state index contributed by atoms with van der Waals surface area (Å²) in [6, 6.07) is 155. The molecule has 0 aliphatic rings. The van der Waals surface area contributed by atoms with Crippen LogP contribution < -0.4 is 56.3 Å². The van der Waals surface area contributed by atoms with E-state index in [-0.39, 0.29) is 18.7 Å². The van der Waals surface area contributed by atoms with E-state index in [2.05, 4.69) is 180 Å². The number of anilines is 5. The molecule has 0 saturated carbocycles. The van der Waals surface area contributed by atoms with Crippen molar-refractivity contribution in [2.75, 3.05) is 49.2 Å². The lowest BCUT2D eigenvalue weighted by molar-refractivity contribution is 0.305. The minimum atomic E-state index is -0.747. The molecule has 0 bridgehead atoms. The fraction of sp³-hybridized carbons (Fsp3) is 0.0726. The van der Waals surface area contributed by atoms with E-state index in [9.17, 15) is 10.2 Å². The average Bonchev–Trinajstić information content (AvgIpc) is 0.746. The third-order valence-electron chi connectivity index (χ3n) is 23.4. The van der Waals surface area contributed by atoms with E-state index in [0.717, 1.165) is 128 Å². The van der Waals surface area contributed by atoms with Gasteiger partial charge in [-0.3, -0.25) is 0 Å². The molecule has 15 aromatic carbocycles. The monoisotopic (exact) mass is 1950 g/mol. The van der Waals surface area contributed by atoms with Crippen molar-refractivity contribution in [2.45, 2.75) is 36.2 Å². The molecule has 0 aliphatic heterocycles. The van der Waals surface area contributed by atoms with Crippen LogP contribution in [0.2, 0.25) is 0 Å². The van der Waals surface area contributed by atoms with Gasteiger partial charge in [-0.2, -0.15) is 0 Å². The van der Waals surface area contributed by atoms with Gasteiger partial charge in [0.05, 0.1) is 21.3 Å². The molecule has 5 aromatic heterocycles. The van der Waals surface area contributed by atoms with Gasteiger partial charge in [0.15, 0.2) is 57.8 Å². The van der Waals surface area contributed by atoms with Crippen molar-refractivity contribution in [3.63, 3.8) is 0 Å². The number of hydrogen-bond acceptors (Lipinski definition) is 18. The fourth-order valence-corrected chi connectivity index (χ4v) is 16.3. The van der Waals surface area contributed by atoms with Crippen molar-refractivity contribution < 1.29 is 40.1 Å². The molecule has 20 rings (SSSR count). The highest BCUT2D eigenvalue weighted by atomic mass is 79.9. The van der Waals surface area contributed by atoms with E-state index in [1.807, 2.05) is 328 Å². The topological polar surface area (TPSA) is 262 Å². The molecule has 5 heterocycles. The first-order valence-electron chi connectivity index (χ1n) is 46.4. The summed E-state index contributed by atoms with van der Waals surface area (Å²) in [7, 11) is 4.99. The first-order valence-corrected chi connectivity index (χ1v) is 47.6. The zero-order chi connectivity index (χ0) is 99.1. The van der Waals surface area contributed by atoms with Crippen LogP contribution in [0.5, 0.6) is 46.0 Å². The Hall–Kier alpha value is -18.1. The lowest BCUT2D eigenvalue weighted by Gasteiger charge is -2.37. The summed E-state index contributed by atoms with van der Waals surface area (Å²) in [6.07, 6.45) is 8.86. The maximum atomic E-state index is 11.0. The van der Waals surface area contributed by atoms with Gasteiger partial charge in [-0.05, 0) is 150 Å². The van der Waals surface area contributed by atoms with Gasteiger partial charge in [0.2, 0.25) is 0 Å². The van der Waals surface area contributed by atoms with Gasteiger partial charge in [0.25, 0.3) is 0 Å². The van der Waals surface area contributed by atoms with Gasteiger partial charge >= 0.3 is 0 Å². The minimum absolute atomic E-state index is 0. The summed E-state index contributed by atoms with van der Waals surface area (Å²) < 4.78 is 33.9. The molecule has 10 N–H and O–H groups in total. The Morgan fingerprint density at radius 1 is 0.245 bits per heavy atom. The summed E-state index contributed by atoms with van der Waals surface area (Å²) in [4.78, 5) is 22.0. The van der Waals surface area contributed by atoms with Crippen LogP contribution in [0.4, 0.5) is 29.1 Å². The molecular formula is C124H111BrN10O8. The number of halogens is 1. The molecule has 0 fully saturated rings. The highest BCUT2D eigenvalue weighted by Gasteiger charge is 2.39. The normalized spacial score (nSPS) is 10.6. The number of ether oxygens (including phenoxy) is 6. The third kappa shape index (κ3) is 26.9. The van der Waals surface area contributed by atoms with Crippen LogP contribution in [0.3, 0.4) is 0 Å². The lowest BCUT2D eigenvalue weighted by Crippen LogP contribution is -2.38. The predicted molar refractivity (Wildman–Crippen MR) is 584 cm³/mol. The second-order valence-electron chi connectivity index (χ2n) is 32.8. The summed E-state index contributed by atoms with van der Waals surface area (Å²) in [5.74, 6) is 6.49. The molecule has 18 nitrogen and oxygen atoms in total. The number of aromatic hydroxyl groups is 2. The highest BCUT2D eigenvalue weighted by Crippen LogP contribution is 2.45. The standard InChI is InChI=1S/C38H32N2O2.C30H24N2O.C19H18N2O2.C18H16N2O.C11H10N2O.C8H9BrO.H2/c1-41-35-24-14-15-29(25-35)28-42-36-26-31(30-16-6-2-7-17-30)27-39-37(36)40-38(32-18-8-3-9-19-32,33-20-10-4-11-21-33)34-22-12-5-13-23-34;33-28-21-24(23-13-5-1-6-14-23)22-31-29(28)32-30(25-15-7-2-8-16-25,26-17-9-3-10-18-26)27-19-11-4-12-20-27;1-22-17-9-5-6-14(10-17)13-23-18-11-16(12-21-19(18)20)15-7-3-2-4-8-15;19-18-17(21-13-14-7-3-1-4-8-14)11-16(12-20-18)15-9-5-2-6-10-15;12-11-10(14)6-9(7-13-11)8-4-2-1-3-5-8;1-10-8-4-2-3-7(5-8)6-9;/h2-27H,28H2,1H3,(H,39,40);1-22,33H,(H,31,32);2-12H,13H2,1H3,(H2,20,21);1-12H,13H2,(H2,19,20);1-7,14H,(H2,12,13);2-5H,6H2,1H3;1H. The number of benzene rings is 15. The fourth-order valence-electron chi connectivity index (χ4n) is 16.0. The van der Waals surface area contributed by atoms with Crippen LogP contribution in [0.15, 0.2) is 498 Å². The molecule has 143 heavy (non-hydrogen) atoms. The maximum Gasteiger partial charge on any atom is 0.170 e. The number of nitrogens with two attached hydrogens (primary N) is 3. The number of nitrogen functional groups attached to an aromatic ring is 3. The zero-order valence-corrected chi connectivity index (χ0v) is 80.9. The third-order valence-corrected chi connectivity index (χ3v) is 24.0. The summed E-state index contributed by atoms with van der Waals surface area (Å²) in [5, 5.41) is 28.8. The smallest absolute Gasteiger partial charge is 0.170 e. The molecule has 0 radical (unpaired) electrons. The first-order chi connectivity index (χ1) is 70.2. The number of nitrogens with zero attached hydrogens (tertiary/aromatic N) is 5. The number of rotatable bonds is 28. The summed E-state index contributed by atoms with van der Waals surface area (Å²) >= 11 is 3.37. The summed E-state index contributed by atoms with van der Waals surface area (Å²) in [5.41, 5.74) is 36.4. The Balaban J connectivity index is 0.000000144. The van der Waals surface area contributed by atoms with E-state index >= 15 is 0 Å². The Labute approximate surface area is 845 Å². The quantitative estimate of drug-likeness (QED) is 0.0178. The molecule has 0 spiro atoms. The first kappa shape index (κ1) is 99.4. The number of pyridine rings is 5. The van der Waals surface area contributed by atoms with Crippen molar-refractivity contribution in [1.82, 2.24) is 24.9 Å². The van der Waals surface area contributed by atoms with Gasteiger partial charge in [0.1, 0.15) is 48.1 Å². The summed E-state index contributed by atoms with van der Waals surface area (Å²) in [6.45, 7) is 1.24. The van der Waals surface area contributed by atoms with Crippen LogP contribution in [0.1, 0.15) is 57.1 Å². The molecule has 0 unspecified atom stereocenters. The van der Waals surface area contributed by atoms with E-state index in [4.69, 9.17) is 50.6 Å². The van der Waals surface area contributed by atoms with Crippen LogP contribution >= 0.6 is 15.9 Å². The molecule has 0 saturated heterocycles. The van der Waals surface area contributed by atoms with Gasteiger partial charge < -0.3 is 66.5 Å². The highest BCUT2D eigenvalue weighted by molar-refractivity contribution is 9.08. The van der Waals surface area contributed by atoms with Gasteiger partial charge in [-0.25, -0.2) is 24.9 Å². The van der Waals surface area contributed by atoms with Gasteiger partial charge in [-0.1, -0.05) is 416 Å². The number of aromatic nitrogens is 5. The molecule has 712 valence electrons. The van der Waals surface area contributed by atoms with Gasteiger partial charge in [0, 0.05) is 65.6 Å². The predicted octanol–water partition coefficient (Wildman–Crippen LogP) is 28.3. The van der Waals surface area contributed by atoms with Crippen molar-refractivity contribution in [3.05, 3.63) is 554 Å². The van der Waals surface area contributed by atoms with E-state index in [1.165, 1.54) is 5.56 Å².